The number of aliphatic hydroxyl groups is 3. The maximum Gasteiger partial charge on any atom is 2.00 e. The summed E-state index contributed by atoms with van der Waals surface area (Å²) in [6.45, 7) is 19.0. The molecule has 0 radical (unpaired) electrons. The first-order valence-corrected chi connectivity index (χ1v) is 35.9. The Kier molecular flexibility index (Phi) is 30.7. The van der Waals surface area contributed by atoms with E-state index in [-0.39, 0.29) is 99.1 Å². The molecule has 4 aromatic carbocycles. The standard InChI is InChI=1S/C31H40FN6O8P.C19H25ClNO4P.C12H16FN5O4.C4H9.ClH.Mg/c1-18(27(39)43-15-14-30(2,3)4)37-47(41,46-21-13-9-11-19-10-7-8-12-20(19)21)44-16-22-24(32)31(5,40)28(45-22)38-17-34-23-25(38)35-29(33)36-26(23)42-6;1-14(18(22)24-13-12-19(2,3)4)21-26(20,23)25-17-11-7-9-15-8-5-6-10-16(15)17;1-12(20)7(13)5(3-19)22-10(12)18-4-15-6-8(18)16-11(14)17-9(6)21-2;1-3-4-2;;/h7-13,17-18,22,24,28,40H,14-16H2,1-6H3,(H,37,41)(H2,33,35,36);5-11,14H,12-13H2,1-4H3,(H,21,23);4-5,7,10,19-20H,3H2,1-2H3,(H2,14,16,17);1,3-4H2,2H3;1H;/q;;;-1;;+2/p-1/t18-,22+,24+,28?,31+,47?;14-,26?;5-,7-,10?,12-;;;/m001.../s1. The van der Waals surface area contributed by atoms with Crippen LogP contribution in [0.4, 0.5) is 20.7 Å². The van der Waals surface area contributed by atoms with E-state index in [1.54, 1.807) is 43.3 Å². The summed E-state index contributed by atoms with van der Waals surface area (Å²) < 4.78 is 109. The van der Waals surface area contributed by atoms with Gasteiger partial charge in [0.2, 0.25) is 23.7 Å². The summed E-state index contributed by atoms with van der Waals surface area (Å²) in [6.07, 6.45) is -2.60. The predicted molar refractivity (Wildman–Crippen MR) is 376 cm³/mol. The van der Waals surface area contributed by atoms with Crippen LogP contribution in [0.15, 0.2) is 97.6 Å². The zero-order valence-electron chi connectivity index (χ0n) is 58.7. The molecule has 12 atom stereocenters. The Morgan fingerprint density at radius 1 is 0.693 bits per heavy atom. The van der Waals surface area contributed by atoms with Gasteiger partial charge in [0.05, 0.1) is 53.3 Å². The number of benzene rings is 4. The smallest absolute Gasteiger partial charge is 1.00 e. The maximum absolute atomic E-state index is 15.9. The Balaban J connectivity index is 0.000000287. The molecule has 0 spiro atoms. The minimum absolute atomic E-state index is 0. The number of fused-ring (bicyclic) bond motifs is 4. The van der Waals surface area contributed by atoms with Gasteiger partial charge in [-0.2, -0.15) is 31.4 Å². The molecule has 550 valence electrons. The third kappa shape index (κ3) is 22.1. The number of nitrogens with two attached hydrogens (primary N) is 2. The van der Waals surface area contributed by atoms with Gasteiger partial charge >= 0.3 is 49.6 Å². The number of alkyl halides is 2. The third-order valence-corrected chi connectivity index (χ3v) is 18.8. The number of hydrogen-bond acceptors (Lipinski definition) is 24. The van der Waals surface area contributed by atoms with Crippen molar-refractivity contribution in [3.05, 3.63) is 105 Å². The van der Waals surface area contributed by atoms with Crippen LogP contribution in [0.25, 0.3) is 43.9 Å². The largest absolute Gasteiger partial charge is 2.00 e. The summed E-state index contributed by atoms with van der Waals surface area (Å²) in [6, 6.07) is 23.4. The molecule has 2 aliphatic rings. The van der Waals surface area contributed by atoms with Crippen molar-refractivity contribution >= 4 is 117 Å². The van der Waals surface area contributed by atoms with E-state index in [1.165, 1.54) is 63.2 Å². The van der Waals surface area contributed by atoms with Gasteiger partial charge in [-0.1, -0.05) is 128 Å². The van der Waals surface area contributed by atoms with Crippen molar-refractivity contribution in [1.82, 2.24) is 49.2 Å². The van der Waals surface area contributed by atoms with Crippen LogP contribution < -0.4 is 52.6 Å². The molecule has 2 saturated heterocycles. The number of carbonyl (C=O) groups excluding carboxylic acids is 2. The molecule has 4 aromatic heterocycles. The SMILES string of the molecule is COc1nc(N)nc2c1ncn2C1O[C@H](CO)[C@@H](F)[C@@]1(C)O.COc1nc(N)nc2c1ncn2C1O[C@H](COP(=O)(N[C@@H](C)C(=O)OCCC(C)(C)C)Oc2cccc3ccccc23)[C@@H](F)[C@@]1(C)O.C[C@H](NP(=O)(Cl)Oc1cccc2ccccc12)C(=O)OCCC(C)(C)C.[CH2-]CCC.[Cl-].[Mg+2]. The number of anilines is 2. The zero-order valence-corrected chi connectivity index (χ0v) is 63.4. The van der Waals surface area contributed by atoms with Gasteiger partial charge in [-0.15, -0.1) is 0 Å². The molecule has 0 bridgehead atoms. The molecule has 10 rings (SSSR count). The van der Waals surface area contributed by atoms with Crippen LogP contribution in [0.2, 0.25) is 0 Å². The number of halogens is 4. The molecule has 8 aromatic rings. The first kappa shape index (κ1) is 85.2. The molecule has 101 heavy (non-hydrogen) atoms. The number of carbonyl (C=O) groups is 2. The summed E-state index contributed by atoms with van der Waals surface area (Å²) in [5.74, 6) is -0.532. The van der Waals surface area contributed by atoms with Gasteiger partial charge in [0.15, 0.2) is 47.1 Å². The van der Waals surface area contributed by atoms with E-state index in [1.807, 2.05) is 69.3 Å². The van der Waals surface area contributed by atoms with Crippen LogP contribution in [0.5, 0.6) is 23.3 Å². The van der Waals surface area contributed by atoms with Crippen molar-refractivity contribution in [1.29, 1.82) is 0 Å². The van der Waals surface area contributed by atoms with Crippen LogP contribution in [-0.4, -0.2) is 178 Å². The van der Waals surface area contributed by atoms with Crippen molar-refractivity contribution in [2.45, 2.75) is 162 Å². The topological polar surface area (TPSA) is 375 Å². The number of nitrogens with zero attached hydrogens (tertiary/aromatic N) is 8. The number of esters is 2. The Labute approximate surface area is 612 Å². The summed E-state index contributed by atoms with van der Waals surface area (Å²) in [4.78, 5) is 49.3. The second-order valence-electron chi connectivity index (χ2n) is 26.2. The van der Waals surface area contributed by atoms with Crippen LogP contribution in [-0.2, 0) is 42.2 Å². The normalized spacial score (nSPS) is 22.1. The monoisotopic (exact) mass is 1500 g/mol. The van der Waals surface area contributed by atoms with E-state index in [9.17, 15) is 33.3 Å². The Morgan fingerprint density at radius 3 is 1.50 bits per heavy atom. The first-order valence-electron chi connectivity index (χ1n) is 31.8. The Bertz CT molecular complexity index is 4140. The molecule has 4 unspecified atom stereocenters. The van der Waals surface area contributed by atoms with Gasteiger partial charge < -0.3 is 83.6 Å². The summed E-state index contributed by atoms with van der Waals surface area (Å²) >= 11 is 6.03. The van der Waals surface area contributed by atoms with Crippen LogP contribution in [0, 0.1) is 17.8 Å². The molecule has 35 heteroatoms. The molecule has 28 nitrogen and oxygen atoms in total. The van der Waals surface area contributed by atoms with E-state index >= 15 is 4.39 Å². The minimum atomic E-state index is -4.43. The molecule has 9 N–H and O–H groups in total. The minimum Gasteiger partial charge on any atom is -1.00 e. The summed E-state index contributed by atoms with van der Waals surface area (Å²) in [7, 11) is -1.64. The van der Waals surface area contributed by atoms with E-state index in [2.05, 4.69) is 74.7 Å². The number of methoxy groups -OCH3 is 2. The van der Waals surface area contributed by atoms with Crippen LogP contribution >= 0.6 is 25.9 Å². The Hall–Kier alpha value is -6.41. The summed E-state index contributed by atoms with van der Waals surface area (Å²) in [5.41, 5.74) is 8.35. The predicted octanol–water partition coefficient (Wildman–Crippen LogP) is 7.88. The summed E-state index contributed by atoms with van der Waals surface area (Å²) in [5, 5.41) is 39.2. The average molecular weight is 1500 g/mol. The van der Waals surface area contributed by atoms with Crippen molar-refractivity contribution < 1.29 is 97.2 Å². The molecule has 2 aliphatic heterocycles. The van der Waals surface area contributed by atoms with Crippen molar-refractivity contribution in [3.63, 3.8) is 0 Å². The second kappa shape index (κ2) is 36.3. The number of aliphatic hydroxyl groups excluding tert-OH is 1. The van der Waals surface area contributed by atoms with Crippen molar-refractivity contribution in [3.8, 4) is 23.3 Å². The molecule has 6 heterocycles. The number of imidazole rings is 2. The number of hydrogen-bond donors (Lipinski definition) is 7. The fourth-order valence-corrected chi connectivity index (χ4v) is 13.2. The van der Waals surface area contributed by atoms with Gasteiger partial charge in [0.1, 0.15) is 47.0 Å². The zero-order chi connectivity index (χ0) is 73.0. The van der Waals surface area contributed by atoms with E-state index in [4.69, 9.17) is 69.8 Å². The van der Waals surface area contributed by atoms with Gasteiger partial charge in [-0.3, -0.25) is 23.2 Å². The number of ether oxygens (including phenoxy) is 6. The molecule has 0 aliphatic carbocycles. The van der Waals surface area contributed by atoms with Crippen LogP contribution in [0.3, 0.4) is 0 Å². The van der Waals surface area contributed by atoms with Gasteiger partial charge in [-0.25, -0.2) is 33.0 Å². The number of unbranched alkanes of at least 4 members (excludes halogenated alkanes) is 1. The quantitative estimate of drug-likeness (QED) is 0.0138. The van der Waals surface area contributed by atoms with E-state index < -0.39 is 100 Å². The molecular formula is C66H90Cl2F2MgN12O16P2. The maximum atomic E-state index is 15.9. The molecular weight excluding hydrogens is 1410 g/mol. The second-order valence-corrected chi connectivity index (χ2v) is 30.7. The van der Waals surface area contributed by atoms with Crippen molar-refractivity contribution in [2.75, 3.05) is 52.1 Å². The fourth-order valence-electron chi connectivity index (χ4n) is 10.00. The third-order valence-electron chi connectivity index (χ3n) is 15.6. The Morgan fingerprint density at radius 2 is 1.09 bits per heavy atom. The average Bonchev–Trinajstić information content (AvgIpc) is 1.61. The molecule has 0 amide bonds. The number of nitrogen functional groups attached to an aromatic ring is 2. The molecule has 2 fully saturated rings. The van der Waals surface area contributed by atoms with E-state index in [0.29, 0.717) is 29.7 Å². The fraction of sp³-hybridized carbons (Fsp3) is 0.500. The van der Waals surface area contributed by atoms with Gasteiger partial charge in [0, 0.05) is 22.0 Å². The van der Waals surface area contributed by atoms with Gasteiger partial charge in [-0.05, 0) is 74.3 Å². The van der Waals surface area contributed by atoms with E-state index in [0.717, 1.165) is 29.0 Å². The number of rotatable bonds is 23. The van der Waals surface area contributed by atoms with Crippen LogP contribution in [0.1, 0.15) is 114 Å². The number of nitrogens with one attached hydrogen (secondary N) is 2. The van der Waals surface area contributed by atoms with Gasteiger partial charge in [0.25, 0.3) is 0 Å². The number of aromatic nitrogens is 8. The first-order chi connectivity index (χ1) is 46.5. The molecule has 0 saturated carbocycles. The van der Waals surface area contributed by atoms with Crippen molar-refractivity contribution in [2.24, 2.45) is 10.8 Å².